The van der Waals surface area contributed by atoms with Crippen molar-refractivity contribution >= 4 is 41.2 Å². The fraction of sp³-hybridized carbons (Fsp3) is 0.292. The van der Waals surface area contributed by atoms with Gasteiger partial charge in [0, 0.05) is 43.8 Å². The van der Waals surface area contributed by atoms with Crippen LogP contribution < -0.4 is 14.8 Å². The van der Waals surface area contributed by atoms with Gasteiger partial charge >= 0.3 is 23.9 Å². The van der Waals surface area contributed by atoms with Crippen LogP contribution in [0.5, 0.6) is 11.5 Å². The van der Waals surface area contributed by atoms with Crippen LogP contribution in [-0.4, -0.2) is 64.9 Å². The minimum absolute atomic E-state index is 0.129. The van der Waals surface area contributed by atoms with E-state index in [0.717, 1.165) is 21.0 Å². The number of nitrogens with zero attached hydrogens (tertiary/aromatic N) is 2. The third kappa shape index (κ3) is 8.09. The Morgan fingerprint density at radius 3 is 2.16 bits per heavy atom. The third-order valence-corrected chi connectivity index (χ3v) is 4.91. The van der Waals surface area contributed by atoms with Gasteiger partial charge in [-0.15, -0.1) is 0 Å². The van der Waals surface area contributed by atoms with Crippen LogP contribution in [0.2, 0.25) is 0 Å². The van der Waals surface area contributed by atoms with Crippen molar-refractivity contribution in [3.05, 3.63) is 57.1 Å². The number of aliphatic carboxylic acids is 1. The molecule has 0 aliphatic carbocycles. The fourth-order valence-corrected chi connectivity index (χ4v) is 3.39. The predicted molar refractivity (Wildman–Crippen MR) is 130 cm³/mol. The van der Waals surface area contributed by atoms with Crippen LogP contribution in [0.3, 0.4) is 0 Å². The number of nitro groups is 1. The molecule has 0 spiro atoms. The van der Waals surface area contributed by atoms with Crippen molar-refractivity contribution < 1.29 is 48.2 Å². The number of carboxylic acid groups (broad SMARTS) is 1. The largest absolute Gasteiger partial charge is 0.480 e. The maximum atomic E-state index is 12.7. The number of carboxylic acids is 1. The number of ether oxygens (including phenoxy) is 3. The van der Waals surface area contributed by atoms with Crippen molar-refractivity contribution in [2.75, 3.05) is 25.5 Å². The summed E-state index contributed by atoms with van der Waals surface area (Å²) in [6.45, 7) is 2.34. The molecule has 202 valence electrons. The fourth-order valence-electron chi connectivity index (χ4n) is 3.39. The first kappa shape index (κ1) is 29.4. The van der Waals surface area contributed by atoms with Crippen LogP contribution in [0, 0.1) is 17.0 Å². The summed E-state index contributed by atoms with van der Waals surface area (Å²) in [5.41, 5.74) is 0.448. The Morgan fingerprint density at radius 2 is 1.63 bits per heavy atom. The number of anilines is 1. The first-order valence-electron chi connectivity index (χ1n) is 10.9. The smallest absolute Gasteiger partial charge is 0.341 e. The molecule has 14 nitrogen and oxygen atoms in total. The van der Waals surface area contributed by atoms with Gasteiger partial charge in [-0.2, -0.15) is 0 Å². The minimum atomic E-state index is -1.27. The number of carbonyl (C=O) groups excluding carboxylic acids is 4. The number of carbonyl (C=O) groups is 5. The molecular formula is C24H25N3O11. The topological polar surface area (TPSA) is 192 Å². The third-order valence-electron chi connectivity index (χ3n) is 4.91. The van der Waals surface area contributed by atoms with E-state index in [4.69, 9.17) is 9.47 Å². The number of esters is 3. The van der Waals surface area contributed by atoms with E-state index in [1.165, 1.54) is 35.2 Å². The van der Waals surface area contributed by atoms with E-state index in [0.29, 0.717) is 5.56 Å². The van der Waals surface area contributed by atoms with Crippen molar-refractivity contribution in [1.29, 1.82) is 0 Å². The first-order chi connectivity index (χ1) is 17.8. The van der Waals surface area contributed by atoms with Gasteiger partial charge in [0.05, 0.1) is 25.1 Å². The first-order valence-corrected chi connectivity index (χ1v) is 10.9. The van der Waals surface area contributed by atoms with Crippen molar-refractivity contribution in [3.63, 3.8) is 0 Å². The summed E-state index contributed by atoms with van der Waals surface area (Å²) < 4.78 is 15.0. The van der Waals surface area contributed by atoms with Gasteiger partial charge in [0.25, 0.3) is 5.69 Å². The average Bonchev–Trinajstić information content (AvgIpc) is 2.80. The molecule has 14 heteroatoms. The molecule has 0 aliphatic heterocycles. The van der Waals surface area contributed by atoms with E-state index in [1.54, 1.807) is 6.92 Å². The number of aryl methyl sites for hydroxylation is 1. The van der Waals surface area contributed by atoms with Crippen LogP contribution in [0.25, 0.3) is 0 Å². The Kier molecular flexibility index (Phi) is 9.98. The Morgan fingerprint density at radius 1 is 1.00 bits per heavy atom. The molecule has 2 aromatic carbocycles. The molecule has 0 radical (unpaired) electrons. The number of benzene rings is 2. The molecule has 2 rings (SSSR count). The van der Waals surface area contributed by atoms with E-state index in [-0.39, 0.29) is 34.8 Å². The molecule has 0 aliphatic rings. The molecule has 0 fully saturated rings. The Hall–Kier alpha value is -4.85. The number of non-ortho nitro benzene ring substituents is 1. The van der Waals surface area contributed by atoms with Gasteiger partial charge in [0.15, 0.2) is 11.5 Å². The van der Waals surface area contributed by atoms with Gasteiger partial charge in [-0.25, -0.2) is 4.79 Å². The highest BCUT2D eigenvalue weighted by Gasteiger charge is 2.26. The number of methoxy groups -OCH3 is 1. The van der Waals surface area contributed by atoms with Crippen molar-refractivity contribution in [2.24, 2.45) is 0 Å². The van der Waals surface area contributed by atoms with Crippen LogP contribution in [0.1, 0.15) is 35.3 Å². The summed E-state index contributed by atoms with van der Waals surface area (Å²) in [6, 6.07) is 6.41. The summed E-state index contributed by atoms with van der Waals surface area (Å²) in [6.07, 6.45) is 0. The Balaban J connectivity index is 2.41. The van der Waals surface area contributed by atoms with Crippen molar-refractivity contribution in [2.45, 2.75) is 27.3 Å². The lowest BCUT2D eigenvalue weighted by Gasteiger charge is -2.23. The Labute approximate surface area is 216 Å². The maximum absolute atomic E-state index is 12.7. The lowest BCUT2D eigenvalue weighted by atomic mass is 10.1. The highest BCUT2D eigenvalue weighted by atomic mass is 16.6. The second-order valence-corrected chi connectivity index (χ2v) is 7.95. The standard InChI is InChI=1S/C24H25N3O11/c1-13-9-17(27(34)35)6-8-19(13)25-20(30)11-26(12-21(31)32)10-16-5-7-18(24(33)36-4)23(38-15(3)29)22(16)37-14(2)28/h5-9H,10-12H2,1-4H3,(H,25,30)(H,31,32). The lowest BCUT2D eigenvalue weighted by molar-refractivity contribution is -0.384. The predicted octanol–water partition coefficient (Wildman–Crippen LogP) is 2.07. The quantitative estimate of drug-likeness (QED) is 0.186. The van der Waals surface area contributed by atoms with Gasteiger partial charge in [0.1, 0.15) is 5.56 Å². The summed E-state index contributed by atoms with van der Waals surface area (Å²) in [7, 11) is 1.10. The van der Waals surface area contributed by atoms with Gasteiger partial charge in [-0.1, -0.05) is 6.07 Å². The van der Waals surface area contributed by atoms with Gasteiger partial charge in [-0.05, 0) is 24.6 Å². The van der Waals surface area contributed by atoms with Gasteiger partial charge in [-0.3, -0.25) is 34.2 Å². The molecule has 0 atom stereocenters. The van der Waals surface area contributed by atoms with E-state index in [1.807, 2.05) is 0 Å². The second-order valence-electron chi connectivity index (χ2n) is 7.95. The SMILES string of the molecule is COC(=O)c1ccc(CN(CC(=O)O)CC(=O)Nc2ccc([N+](=O)[O-])cc2C)c(OC(C)=O)c1OC(C)=O. The van der Waals surface area contributed by atoms with Gasteiger partial charge < -0.3 is 24.6 Å². The molecule has 0 unspecified atom stereocenters. The average molecular weight is 531 g/mol. The number of rotatable bonds is 11. The minimum Gasteiger partial charge on any atom is -0.480 e. The normalized spacial score (nSPS) is 10.4. The van der Waals surface area contributed by atoms with E-state index in [2.05, 4.69) is 10.1 Å². The van der Waals surface area contributed by atoms with Crippen molar-refractivity contribution in [3.8, 4) is 11.5 Å². The van der Waals surface area contributed by atoms with Crippen molar-refractivity contribution in [1.82, 2.24) is 4.90 Å². The second kappa shape index (κ2) is 12.9. The molecular weight excluding hydrogens is 506 g/mol. The molecule has 0 saturated heterocycles. The zero-order valence-electron chi connectivity index (χ0n) is 20.9. The molecule has 0 saturated carbocycles. The molecule has 2 aromatic rings. The molecule has 2 N–H and O–H groups in total. The van der Waals surface area contributed by atoms with E-state index >= 15 is 0 Å². The highest BCUT2D eigenvalue weighted by Crippen LogP contribution is 2.37. The summed E-state index contributed by atoms with van der Waals surface area (Å²) >= 11 is 0. The van der Waals surface area contributed by atoms with Gasteiger partial charge in [0.2, 0.25) is 5.91 Å². The number of nitro benzene ring substituents is 1. The number of hydrogen-bond acceptors (Lipinski definition) is 11. The molecule has 0 bridgehead atoms. The highest BCUT2D eigenvalue weighted by molar-refractivity contribution is 5.95. The monoisotopic (exact) mass is 531 g/mol. The summed E-state index contributed by atoms with van der Waals surface area (Å²) in [4.78, 5) is 71.5. The molecule has 1 amide bonds. The maximum Gasteiger partial charge on any atom is 0.341 e. The Bertz CT molecular complexity index is 1290. The summed E-state index contributed by atoms with van der Waals surface area (Å²) in [5, 5.41) is 22.9. The zero-order valence-corrected chi connectivity index (χ0v) is 20.9. The number of hydrogen-bond donors (Lipinski definition) is 2. The number of amides is 1. The van der Waals surface area contributed by atoms with Crippen LogP contribution in [-0.2, 0) is 30.5 Å². The molecule has 0 heterocycles. The molecule has 38 heavy (non-hydrogen) atoms. The van der Waals surface area contributed by atoms with E-state index in [9.17, 15) is 39.2 Å². The summed E-state index contributed by atoms with van der Waals surface area (Å²) in [5.74, 6) is -5.18. The zero-order chi connectivity index (χ0) is 28.6. The van der Waals surface area contributed by atoms with Crippen LogP contribution >= 0.6 is 0 Å². The number of nitrogens with one attached hydrogen (secondary N) is 1. The van der Waals surface area contributed by atoms with Crippen LogP contribution in [0.15, 0.2) is 30.3 Å². The van der Waals surface area contributed by atoms with E-state index < -0.39 is 53.5 Å². The molecule has 0 aromatic heterocycles. The lowest BCUT2D eigenvalue weighted by Crippen LogP contribution is -2.36. The van der Waals surface area contributed by atoms with Crippen LogP contribution in [0.4, 0.5) is 11.4 Å².